The van der Waals surface area contributed by atoms with Crippen molar-refractivity contribution in [1.82, 2.24) is 4.98 Å². The molecule has 4 nitrogen and oxygen atoms in total. The average molecular weight is 225 g/mol. The summed E-state index contributed by atoms with van der Waals surface area (Å²) in [5.74, 6) is -1.86. The molecule has 0 unspecified atom stereocenters. The molecule has 1 saturated heterocycles. The van der Waals surface area contributed by atoms with Gasteiger partial charge in [0, 0.05) is 11.8 Å². The third-order valence-electron chi connectivity index (χ3n) is 2.59. The topological polar surface area (TPSA) is 48.4 Å². The minimum absolute atomic E-state index is 0.105. The molecule has 1 aromatic heterocycles. The molecule has 0 bridgehead atoms. The first-order chi connectivity index (χ1) is 7.67. The van der Waals surface area contributed by atoms with Crippen molar-refractivity contribution >= 4 is 6.29 Å². The standard InChI is InChI=1S/C11H12FNO3/c1-11(15-5-2-6-16-11)9-3-4-13-10(12)8(9)7-14/h3-4,7H,2,5-6H2,1H3. The summed E-state index contributed by atoms with van der Waals surface area (Å²) < 4.78 is 24.3. The van der Waals surface area contributed by atoms with Gasteiger partial charge in [-0.05, 0) is 19.4 Å². The summed E-state index contributed by atoms with van der Waals surface area (Å²) in [4.78, 5) is 14.3. The average Bonchev–Trinajstić information content (AvgIpc) is 2.29. The van der Waals surface area contributed by atoms with Crippen LogP contribution in [0.1, 0.15) is 29.3 Å². The molecular weight excluding hydrogens is 213 g/mol. The van der Waals surface area contributed by atoms with Gasteiger partial charge < -0.3 is 9.47 Å². The summed E-state index contributed by atoms with van der Waals surface area (Å²) in [6.45, 7) is 2.73. The lowest BCUT2D eigenvalue weighted by atomic mass is 10.0. The van der Waals surface area contributed by atoms with Gasteiger partial charge in [-0.25, -0.2) is 4.98 Å². The maximum Gasteiger partial charge on any atom is 0.223 e. The maximum atomic E-state index is 13.3. The Hall–Kier alpha value is -1.33. The number of aldehydes is 1. The van der Waals surface area contributed by atoms with E-state index in [0.29, 0.717) is 25.1 Å². The second-order valence-electron chi connectivity index (χ2n) is 3.68. The SMILES string of the molecule is CC1(c2ccnc(F)c2C=O)OCCCO1. The van der Waals surface area contributed by atoms with Gasteiger partial charge in [0.25, 0.3) is 0 Å². The van der Waals surface area contributed by atoms with E-state index in [4.69, 9.17) is 9.47 Å². The van der Waals surface area contributed by atoms with Crippen LogP contribution in [-0.2, 0) is 15.3 Å². The van der Waals surface area contributed by atoms with E-state index in [9.17, 15) is 9.18 Å². The Balaban J connectivity index is 2.45. The highest BCUT2D eigenvalue weighted by molar-refractivity contribution is 5.77. The molecule has 0 N–H and O–H groups in total. The Kier molecular flexibility index (Phi) is 2.98. The Morgan fingerprint density at radius 2 is 2.19 bits per heavy atom. The van der Waals surface area contributed by atoms with Gasteiger partial charge in [-0.2, -0.15) is 4.39 Å². The van der Waals surface area contributed by atoms with Gasteiger partial charge in [0.15, 0.2) is 12.1 Å². The van der Waals surface area contributed by atoms with Gasteiger partial charge in [-0.1, -0.05) is 0 Å². The molecule has 1 fully saturated rings. The number of halogens is 1. The van der Waals surface area contributed by atoms with Crippen LogP contribution in [0.15, 0.2) is 12.3 Å². The lowest BCUT2D eigenvalue weighted by Crippen LogP contribution is -2.36. The maximum absolute atomic E-state index is 13.3. The Bertz CT molecular complexity index is 402. The lowest BCUT2D eigenvalue weighted by molar-refractivity contribution is -0.265. The van der Waals surface area contributed by atoms with E-state index in [1.54, 1.807) is 6.92 Å². The Morgan fingerprint density at radius 1 is 1.50 bits per heavy atom. The fourth-order valence-electron chi connectivity index (χ4n) is 1.75. The summed E-state index contributed by atoms with van der Waals surface area (Å²) in [7, 11) is 0. The second kappa shape index (κ2) is 4.27. The first-order valence-electron chi connectivity index (χ1n) is 5.05. The van der Waals surface area contributed by atoms with Gasteiger partial charge in [0.2, 0.25) is 5.95 Å². The fraction of sp³-hybridized carbons (Fsp3) is 0.455. The molecule has 5 heteroatoms. The zero-order valence-corrected chi connectivity index (χ0v) is 8.90. The Labute approximate surface area is 92.4 Å². The molecule has 0 atom stereocenters. The quantitative estimate of drug-likeness (QED) is 0.567. The molecule has 1 aliphatic rings. The summed E-state index contributed by atoms with van der Waals surface area (Å²) in [5, 5.41) is 0. The molecule has 16 heavy (non-hydrogen) atoms. The van der Waals surface area contributed by atoms with Crippen LogP contribution in [0.2, 0.25) is 0 Å². The zero-order chi connectivity index (χ0) is 11.6. The van der Waals surface area contributed by atoms with Crippen LogP contribution in [0.4, 0.5) is 4.39 Å². The van der Waals surface area contributed by atoms with E-state index in [0.717, 1.165) is 6.42 Å². The molecule has 1 aliphatic heterocycles. The first kappa shape index (κ1) is 11.2. The van der Waals surface area contributed by atoms with E-state index >= 15 is 0 Å². The van der Waals surface area contributed by atoms with E-state index in [1.165, 1.54) is 12.3 Å². The fourth-order valence-corrected chi connectivity index (χ4v) is 1.75. The highest BCUT2D eigenvalue weighted by Crippen LogP contribution is 2.32. The lowest BCUT2D eigenvalue weighted by Gasteiger charge is -2.34. The number of hydrogen-bond acceptors (Lipinski definition) is 4. The van der Waals surface area contributed by atoms with Crippen LogP contribution in [-0.4, -0.2) is 24.5 Å². The van der Waals surface area contributed by atoms with Crippen molar-refractivity contribution < 1.29 is 18.7 Å². The van der Waals surface area contributed by atoms with Gasteiger partial charge in [-0.3, -0.25) is 4.79 Å². The number of hydrogen-bond donors (Lipinski definition) is 0. The highest BCUT2D eigenvalue weighted by atomic mass is 19.1. The van der Waals surface area contributed by atoms with Crippen molar-refractivity contribution in [2.24, 2.45) is 0 Å². The van der Waals surface area contributed by atoms with E-state index in [1.807, 2.05) is 0 Å². The summed E-state index contributed by atoms with van der Waals surface area (Å²) >= 11 is 0. The summed E-state index contributed by atoms with van der Waals surface area (Å²) in [6.07, 6.45) is 2.52. The van der Waals surface area contributed by atoms with Gasteiger partial charge >= 0.3 is 0 Å². The van der Waals surface area contributed by atoms with Crippen molar-refractivity contribution in [2.75, 3.05) is 13.2 Å². The third-order valence-corrected chi connectivity index (χ3v) is 2.59. The minimum atomic E-state index is -1.06. The minimum Gasteiger partial charge on any atom is -0.346 e. The van der Waals surface area contributed by atoms with Gasteiger partial charge in [0.1, 0.15) is 0 Å². The molecule has 2 heterocycles. The number of aromatic nitrogens is 1. The number of carbonyl (C=O) groups is 1. The van der Waals surface area contributed by atoms with Crippen LogP contribution >= 0.6 is 0 Å². The van der Waals surface area contributed by atoms with E-state index < -0.39 is 11.7 Å². The Morgan fingerprint density at radius 3 is 2.81 bits per heavy atom. The number of ether oxygens (including phenoxy) is 2. The molecule has 0 amide bonds. The van der Waals surface area contributed by atoms with Crippen LogP contribution in [0.3, 0.4) is 0 Å². The predicted octanol–water partition coefficient (Wildman–Crippen LogP) is 1.64. The second-order valence-corrected chi connectivity index (χ2v) is 3.68. The van der Waals surface area contributed by atoms with Gasteiger partial charge in [-0.15, -0.1) is 0 Å². The molecule has 0 aromatic carbocycles. The predicted molar refractivity (Wildman–Crippen MR) is 53.5 cm³/mol. The molecule has 0 aliphatic carbocycles. The summed E-state index contributed by atoms with van der Waals surface area (Å²) in [6, 6.07) is 1.54. The number of rotatable bonds is 2. The van der Waals surface area contributed by atoms with Crippen LogP contribution in [0, 0.1) is 5.95 Å². The molecular formula is C11H12FNO3. The number of pyridine rings is 1. The monoisotopic (exact) mass is 225 g/mol. The normalized spacial score (nSPS) is 19.4. The molecule has 0 saturated carbocycles. The number of carbonyl (C=O) groups excluding carboxylic acids is 1. The largest absolute Gasteiger partial charge is 0.346 e. The highest BCUT2D eigenvalue weighted by Gasteiger charge is 2.34. The van der Waals surface area contributed by atoms with Crippen LogP contribution < -0.4 is 0 Å². The molecule has 86 valence electrons. The molecule has 2 rings (SSSR count). The van der Waals surface area contributed by atoms with Crippen LogP contribution in [0.25, 0.3) is 0 Å². The van der Waals surface area contributed by atoms with E-state index in [2.05, 4.69) is 4.98 Å². The summed E-state index contributed by atoms with van der Waals surface area (Å²) in [5.41, 5.74) is 0.279. The smallest absolute Gasteiger partial charge is 0.223 e. The first-order valence-corrected chi connectivity index (χ1v) is 5.05. The third kappa shape index (κ3) is 1.83. The van der Waals surface area contributed by atoms with Crippen molar-refractivity contribution in [2.45, 2.75) is 19.1 Å². The molecule has 0 spiro atoms. The van der Waals surface area contributed by atoms with Crippen molar-refractivity contribution in [3.8, 4) is 0 Å². The molecule has 0 radical (unpaired) electrons. The van der Waals surface area contributed by atoms with Crippen molar-refractivity contribution in [1.29, 1.82) is 0 Å². The van der Waals surface area contributed by atoms with Crippen molar-refractivity contribution in [3.05, 3.63) is 29.3 Å². The van der Waals surface area contributed by atoms with Gasteiger partial charge in [0.05, 0.1) is 18.8 Å². The molecule has 1 aromatic rings. The van der Waals surface area contributed by atoms with Crippen LogP contribution in [0.5, 0.6) is 0 Å². The zero-order valence-electron chi connectivity index (χ0n) is 8.90. The van der Waals surface area contributed by atoms with Crippen molar-refractivity contribution in [3.63, 3.8) is 0 Å². The van der Waals surface area contributed by atoms with E-state index in [-0.39, 0.29) is 5.56 Å². The number of nitrogens with zero attached hydrogens (tertiary/aromatic N) is 1.